The van der Waals surface area contributed by atoms with Gasteiger partial charge in [0, 0.05) is 73.5 Å². The number of carbonyl (C=O) groups excluding carboxylic acids is 1. The lowest BCUT2D eigenvalue weighted by Crippen LogP contribution is -2.47. The van der Waals surface area contributed by atoms with E-state index in [2.05, 4.69) is 42.7 Å². The predicted octanol–water partition coefficient (Wildman–Crippen LogP) is 1.48. The largest absolute Gasteiger partial charge is 0.337 e. The Bertz CT molecular complexity index is 1060. The van der Waals surface area contributed by atoms with Crippen LogP contribution < -0.4 is 11.2 Å². The molecule has 32 heavy (non-hydrogen) atoms. The Kier molecular flexibility index (Phi) is 8.38. The zero-order chi connectivity index (χ0) is 23.3. The van der Waals surface area contributed by atoms with Crippen molar-refractivity contribution in [1.29, 1.82) is 0 Å². The Morgan fingerprint density at radius 3 is 2.56 bits per heavy atom. The minimum absolute atomic E-state index is 0.0941. The van der Waals surface area contributed by atoms with Gasteiger partial charge >= 0.3 is 5.69 Å². The first kappa shape index (κ1) is 24.3. The van der Waals surface area contributed by atoms with Crippen molar-refractivity contribution in [2.24, 2.45) is 0 Å². The van der Waals surface area contributed by atoms with Crippen LogP contribution in [0.25, 0.3) is 0 Å². The van der Waals surface area contributed by atoms with Crippen molar-refractivity contribution in [1.82, 2.24) is 24.7 Å². The minimum atomic E-state index is -0.568. The van der Waals surface area contributed by atoms with E-state index in [9.17, 15) is 18.8 Å². The molecule has 2 heterocycles. The fourth-order valence-electron chi connectivity index (χ4n) is 3.80. The standard InChI is InChI=1S/C22H29BrFN5O3/c1-15-18(21(31)26-22(32)25-15)5-6-20(30)29(12-11-28-9-7-27(2)8-10-28)14-16-3-4-17(23)13-19(16)24/h3-4,13H,5-12,14H2,1-2H3,(H2,25,26,31,32). The van der Waals surface area contributed by atoms with E-state index in [4.69, 9.17) is 0 Å². The Balaban J connectivity index is 1.70. The number of piperazine rings is 1. The molecule has 0 atom stereocenters. The first-order valence-corrected chi connectivity index (χ1v) is 11.5. The summed E-state index contributed by atoms with van der Waals surface area (Å²) < 4.78 is 15.1. The number of hydrogen-bond acceptors (Lipinski definition) is 5. The summed E-state index contributed by atoms with van der Waals surface area (Å²) in [6, 6.07) is 4.82. The predicted molar refractivity (Wildman–Crippen MR) is 124 cm³/mol. The molecular formula is C22H29BrFN5O3. The van der Waals surface area contributed by atoms with Crippen molar-refractivity contribution in [2.45, 2.75) is 26.3 Å². The number of aryl methyl sites for hydroxylation is 1. The average Bonchev–Trinajstić information content (AvgIpc) is 2.72. The number of rotatable bonds is 8. The summed E-state index contributed by atoms with van der Waals surface area (Å²) >= 11 is 3.26. The smallest absolute Gasteiger partial charge is 0.325 e. The third-order valence-electron chi connectivity index (χ3n) is 5.85. The van der Waals surface area contributed by atoms with E-state index < -0.39 is 11.2 Å². The van der Waals surface area contributed by atoms with Gasteiger partial charge in [0.2, 0.25) is 5.91 Å². The summed E-state index contributed by atoms with van der Waals surface area (Å²) in [6.07, 6.45) is 0.293. The van der Waals surface area contributed by atoms with Gasteiger partial charge in [-0.2, -0.15) is 0 Å². The molecule has 0 saturated carbocycles. The number of nitrogens with zero attached hydrogens (tertiary/aromatic N) is 3. The lowest BCUT2D eigenvalue weighted by Gasteiger charge is -2.34. The van der Waals surface area contributed by atoms with Crippen molar-refractivity contribution < 1.29 is 9.18 Å². The quantitative estimate of drug-likeness (QED) is 0.562. The lowest BCUT2D eigenvalue weighted by atomic mass is 10.1. The summed E-state index contributed by atoms with van der Waals surface area (Å²) in [5.74, 6) is -0.531. The lowest BCUT2D eigenvalue weighted by molar-refractivity contribution is -0.132. The number of aromatic amines is 2. The van der Waals surface area contributed by atoms with E-state index in [-0.39, 0.29) is 31.1 Å². The van der Waals surface area contributed by atoms with Crippen LogP contribution in [0.2, 0.25) is 0 Å². The molecule has 1 aliphatic heterocycles. The van der Waals surface area contributed by atoms with E-state index >= 15 is 0 Å². The van der Waals surface area contributed by atoms with Gasteiger partial charge in [-0.05, 0) is 32.5 Å². The molecule has 174 valence electrons. The third-order valence-corrected chi connectivity index (χ3v) is 6.35. The second-order valence-electron chi connectivity index (χ2n) is 8.21. The van der Waals surface area contributed by atoms with Crippen LogP contribution in [0.4, 0.5) is 4.39 Å². The normalized spacial score (nSPS) is 15.1. The van der Waals surface area contributed by atoms with Gasteiger partial charge < -0.3 is 14.8 Å². The summed E-state index contributed by atoms with van der Waals surface area (Å²) in [5.41, 5.74) is 0.225. The molecule has 2 aromatic rings. The number of hydrogen-bond donors (Lipinski definition) is 2. The average molecular weight is 510 g/mol. The summed E-state index contributed by atoms with van der Waals surface area (Å²) in [7, 11) is 2.09. The highest BCUT2D eigenvalue weighted by Crippen LogP contribution is 2.18. The van der Waals surface area contributed by atoms with Crippen LogP contribution in [-0.2, 0) is 17.8 Å². The van der Waals surface area contributed by atoms with Crippen LogP contribution in [-0.4, -0.2) is 76.9 Å². The highest BCUT2D eigenvalue weighted by atomic mass is 79.9. The molecule has 1 aliphatic rings. The summed E-state index contributed by atoms with van der Waals surface area (Å²) in [4.78, 5) is 47.6. The van der Waals surface area contributed by atoms with E-state index in [1.54, 1.807) is 24.0 Å². The molecule has 1 fully saturated rings. The first-order chi connectivity index (χ1) is 15.2. The molecule has 0 aliphatic carbocycles. The number of benzene rings is 1. The number of halogens is 2. The Morgan fingerprint density at radius 1 is 1.19 bits per heavy atom. The van der Waals surface area contributed by atoms with Gasteiger partial charge in [0.1, 0.15) is 5.82 Å². The Hall–Kier alpha value is -2.30. The van der Waals surface area contributed by atoms with Gasteiger partial charge in [-0.15, -0.1) is 0 Å². The van der Waals surface area contributed by atoms with Crippen molar-refractivity contribution in [3.8, 4) is 0 Å². The molecule has 0 radical (unpaired) electrons. The third kappa shape index (κ3) is 6.60. The number of amides is 1. The van der Waals surface area contributed by atoms with E-state index in [0.29, 0.717) is 34.4 Å². The molecule has 0 unspecified atom stereocenters. The molecule has 0 spiro atoms. The maximum absolute atomic E-state index is 14.4. The maximum Gasteiger partial charge on any atom is 0.325 e. The molecule has 1 amide bonds. The molecule has 10 heteroatoms. The van der Waals surface area contributed by atoms with E-state index in [1.165, 1.54) is 6.07 Å². The topological polar surface area (TPSA) is 92.5 Å². The van der Waals surface area contributed by atoms with Crippen molar-refractivity contribution >= 4 is 21.8 Å². The van der Waals surface area contributed by atoms with Crippen LogP contribution in [0, 0.1) is 12.7 Å². The zero-order valence-electron chi connectivity index (χ0n) is 18.4. The highest BCUT2D eigenvalue weighted by molar-refractivity contribution is 9.10. The van der Waals surface area contributed by atoms with Gasteiger partial charge in [-0.1, -0.05) is 22.0 Å². The summed E-state index contributed by atoms with van der Waals surface area (Å²) in [6.45, 7) is 6.78. The Labute approximate surface area is 194 Å². The molecule has 0 bridgehead atoms. The van der Waals surface area contributed by atoms with Crippen LogP contribution in [0.15, 0.2) is 32.3 Å². The number of nitrogens with one attached hydrogen (secondary N) is 2. The van der Waals surface area contributed by atoms with Crippen molar-refractivity contribution in [3.05, 3.63) is 66.1 Å². The number of carbonyl (C=O) groups is 1. The van der Waals surface area contributed by atoms with E-state index in [1.807, 2.05) is 0 Å². The van der Waals surface area contributed by atoms with Crippen LogP contribution >= 0.6 is 15.9 Å². The van der Waals surface area contributed by atoms with Crippen LogP contribution in [0.3, 0.4) is 0 Å². The number of likely N-dealkylation sites (N-methyl/N-ethyl adjacent to an activating group) is 1. The van der Waals surface area contributed by atoms with Gasteiger partial charge in [-0.3, -0.25) is 19.5 Å². The van der Waals surface area contributed by atoms with E-state index in [0.717, 1.165) is 26.2 Å². The molecule has 8 nitrogen and oxygen atoms in total. The Morgan fingerprint density at radius 2 is 1.91 bits per heavy atom. The molecule has 1 saturated heterocycles. The number of aromatic nitrogens is 2. The molecule has 2 N–H and O–H groups in total. The molecular weight excluding hydrogens is 481 g/mol. The van der Waals surface area contributed by atoms with Gasteiger partial charge in [0.15, 0.2) is 0 Å². The van der Waals surface area contributed by atoms with Crippen molar-refractivity contribution in [2.75, 3.05) is 46.3 Å². The van der Waals surface area contributed by atoms with Gasteiger partial charge in [0.25, 0.3) is 5.56 Å². The van der Waals surface area contributed by atoms with Gasteiger partial charge in [0.05, 0.1) is 0 Å². The minimum Gasteiger partial charge on any atom is -0.337 e. The fraction of sp³-hybridized carbons (Fsp3) is 0.500. The second kappa shape index (κ2) is 11.0. The SMILES string of the molecule is Cc1[nH]c(=O)[nH]c(=O)c1CCC(=O)N(CCN1CCN(C)CC1)Cc1ccc(Br)cc1F. The zero-order valence-corrected chi connectivity index (χ0v) is 20.0. The van der Waals surface area contributed by atoms with Crippen LogP contribution in [0.1, 0.15) is 23.2 Å². The first-order valence-electron chi connectivity index (χ1n) is 10.7. The fourth-order valence-corrected chi connectivity index (χ4v) is 4.13. The second-order valence-corrected chi connectivity index (χ2v) is 9.12. The van der Waals surface area contributed by atoms with Crippen molar-refractivity contribution in [3.63, 3.8) is 0 Å². The van der Waals surface area contributed by atoms with Crippen LogP contribution in [0.5, 0.6) is 0 Å². The maximum atomic E-state index is 14.4. The number of H-pyrrole nitrogens is 2. The summed E-state index contributed by atoms with van der Waals surface area (Å²) in [5, 5.41) is 0. The monoisotopic (exact) mass is 509 g/mol. The molecule has 1 aromatic heterocycles. The van der Waals surface area contributed by atoms with Gasteiger partial charge in [-0.25, -0.2) is 9.18 Å². The highest BCUT2D eigenvalue weighted by Gasteiger charge is 2.20. The molecule has 1 aromatic carbocycles. The molecule has 3 rings (SSSR count).